The Hall–Kier alpha value is -1.81. The van der Waals surface area contributed by atoms with Crippen molar-refractivity contribution in [1.82, 2.24) is 4.98 Å². The average molecular weight is 369 g/mol. The number of hydrogen-bond acceptors (Lipinski definition) is 3. The summed E-state index contributed by atoms with van der Waals surface area (Å²) in [5, 5.41) is 0. The molecule has 0 bridgehead atoms. The molecule has 3 nitrogen and oxygen atoms in total. The van der Waals surface area contributed by atoms with Gasteiger partial charge in [0.15, 0.2) is 0 Å². The molecule has 0 radical (unpaired) electrons. The first-order valence-electron chi connectivity index (χ1n) is 9.81. The van der Waals surface area contributed by atoms with Crippen molar-refractivity contribution in [2.75, 3.05) is 4.90 Å². The fraction of sp³-hybridized carbons (Fsp3) is 0.500. The standard InChI is InChI=1S/C22H32N2OSi/c1-16(2)26(17(3)4,18(5)6)25-21-11-10-19-14-24(15-20(19)13-21)22-9-7-8-12-23-22/h7-13,16-18H,14-15H2,1-6H3. The van der Waals surface area contributed by atoms with Crippen molar-refractivity contribution < 1.29 is 4.43 Å². The van der Waals surface area contributed by atoms with E-state index in [1.807, 2.05) is 18.3 Å². The highest BCUT2D eigenvalue weighted by Crippen LogP contribution is 2.43. The van der Waals surface area contributed by atoms with Crippen LogP contribution in [0.3, 0.4) is 0 Å². The Morgan fingerprint density at radius 2 is 1.54 bits per heavy atom. The van der Waals surface area contributed by atoms with Crippen LogP contribution in [-0.4, -0.2) is 13.3 Å². The van der Waals surface area contributed by atoms with Gasteiger partial charge in [-0.3, -0.25) is 0 Å². The molecule has 2 aromatic rings. The minimum Gasteiger partial charge on any atom is -0.543 e. The molecule has 2 heterocycles. The van der Waals surface area contributed by atoms with Crippen molar-refractivity contribution in [3.8, 4) is 5.75 Å². The van der Waals surface area contributed by atoms with Gasteiger partial charge >= 0.3 is 0 Å². The molecule has 1 aromatic heterocycles. The van der Waals surface area contributed by atoms with Crippen LogP contribution in [0.25, 0.3) is 0 Å². The molecule has 0 saturated heterocycles. The maximum Gasteiger partial charge on any atom is 0.258 e. The average Bonchev–Trinajstić information content (AvgIpc) is 3.02. The molecule has 0 N–H and O–H groups in total. The summed E-state index contributed by atoms with van der Waals surface area (Å²) in [6.45, 7) is 15.8. The smallest absolute Gasteiger partial charge is 0.258 e. The Labute approximate surface area is 159 Å². The fourth-order valence-electron chi connectivity index (χ4n) is 4.69. The molecule has 0 aliphatic carbocycles. The third kappa shape index (κ3) is 3.39. The van der Waals surface area contributed by atoms with Crippen molar-refractivity contribution in [2.24, 2.45) is 0 Å². The van der Waals surface area contributed by atoms with Gasteiger partial charge < -0.3 is 9.33 Å². The molecule has 0 amide bonds. The normalized spacial score (nSPS) is 14.4. The number of rotatable bonds is 6. The molecule has 4 heteroatoms. The summed E-state index contributed by atoms with van der Waals surface area (Å²) in [5.74, 6) is 2.09. The number of hydrogen-bond donors (Lipinski definition) is 0. The number of nitrogens with zero attached hydrogens (tertiary/aromatic N) is 2. The summed E-state index contributed by atoms with van der Waals surface area (Å²) >= 11 is 0. The monoisotopic (exact) mass is 368 g/mol. The molecule has 3 rings (SSSR count). The second-order valence-corrected chi connectivity index (χ2v) is 13.8. The Morgan fingerprint density at radius 1 is 0.885 bits per heavy atom. The molecule has 140 valence electrons. The van der Waals surface area contributed by atoms with E-state index in [0.717, 1.165) is 24.7 Å². The van der Waals surface area contributed by atoms with Crippen molar-refractivity contribution in [1.29, 1.82) is 0 Å². The van der Waals surface area contributed by atoms with E-state index in [-0.39, 0.29) is 0 Å². The lowest BCUT2D eigenvalue weighted by Gasteiger charge is -2.42. The number of fused-ring (bicyclic) bond motifs is 1. The number of aromatic nitrogens is 1. The van der Waals surface area contributed by atoms with Gasteiger partial charge in [-0.2, -0.15) is 0 Å². The van der Waals surface area contributed by atoms with Crippen LogP contribution in [0.15, 0.2) is 42.6 Å². The van der Waals surface area contributed by atoms with E-state index in [1.54, 1.807) is 0 Å². The van der Waals surface area contributed by atoms with E-state index >= 15 is 0 Å². The van der Waals surface area contributed by atoms with Crippen molar-refractivity contribution in [3.63, 3.8) is 0 Å². The molecular weight excluding hydrogens is 336 g/mol. The van der Waals surface area contributed by atoms with Crippen molar-refractivity contribution >= 4 is 14.1 Å². The van der Waals surface area contributed by atoms with Gasteiger partial charge in [0.1, 0.15) is 11.6 Å². The van der Waals surface area contributed by atoms with Gasteiger partial charge in [0.2, 0.25) is 0 Å². The van der Waals surface area contributed by atoms with Gasteiger partial charge in [0.05, 0.1) is 0 Å². The van der Waals surface area contributed by atoms with Crippen LogP contribution < -0.4 is 9.33 Å². The summed E-state index contributed by atoms with van der Waals surface area (Å²) in [6, 6.07) is 12.8. The lowest BCUT2D eigenvalue weighted by Crippen LogP contribution is -2.50. The SMILES string of the molecule is CC(C)[Si](Oc1ccc2c(c1)CN(c1ccccn1)C2)(C(C)C)C(C)C. The molecule has 1 aliphatic heterocycles. The van der Waals surface area contributed by atoms with Crippen LogP contribution in [0.2, 0.25) is 16.6 Å². The van der Waals surface area contributed by atoms with Gasteiger partial charge in [0.25, 0.3) is 8.32 Å². The molecule has 1 aromatic carbocycles. The molecule has 0 fully saturated rings. The lowest BCUT2D eigenvalue weighted by molar-refractivity contribution is 0.479. The second kappa shape index (κ2) is 7.43. The van der Waals surface area contributed by atoms with Crippen molar-refractivity contribution in [3.05, 3.63) is 53.7 Å². The van der Waals surface area contributed by atoms with Crippen LogP contribution in [0.5, 0.6) is 5.75 Å². The van der Waals surface area contributed by atoms with E-state index in [2.05, 4.69) is 75.7 Å². The first-order valence-corrected chi connectivity index (χ1v) is 12.0. The van der Waals surface area contributed by atoms with Gasteiger partial charge in [0, 0.05) is 19.3 Å². The Bertz CT molecular complexity index is 721. The second-order valence-electron chi connectivity index (χ2n) is 8.39. The summed E-state index contributed by atoms with van der Waals surface area (Å²) in [6.07, 6.45) is 1.86. The highest BCUT2D eigenvalue weighted by atomic mass is 28.4. The number of benzene rings is 1. The zero-order valence-electron chi connectivity index (χ0n) is 17.0. The molecule has 0 saturated carbocycles. The maximum absolute atomic E-state index is 6.86. The van der Waals surface area contributed by atoms with Crippen LogP contribution in [0.1, 0.15) is 52.7 Å². The summed E-state index contributed by atoms with van der Waals surface area (Å²) in [4.78, 5) is 6.82. The van der Waals surface area contributed by atoms with Gasteiger partial charge in [-0.25, -0.2) is 4.98 Å². The molecule has 0 spiro atoms. The van der Waals surface area contributed by atoms with Crippen LogP contribution in [0.4, 0.5) is 5.82 Å². The third-order valence-electron chi connectivity index (χ3n) is 5.88. The number of pyridine rings is 1. The first kappa shape index (κ1) is 19.0. The number of anilines is 1. The molecule has 0 unspecified atom stereocenters. The largest absolute Gasteiger partial charge is 0.543 e. The minimum absolute atomic E-state index is 0.584. The summed E-state index contributed by atoms with van der Waals surface area (Å²) in [7, 11) is -1.91. The minimum atomic E-state index is -1.91. The van der Waals surface area contributed by atoms with E-state index in [9.17, 15) is 0 Å². The quantitative estimate of drug-likeness (QED) is 0.571. The first-order chi connectivity index (χ1) is 12.3. The van der Waals surface area contributed by atoms with Gasteiger partial charge in [-0.1, -0.05) is 53.7 Å². The topological polar surface area (TPSA) is 25.4 Å². The van der Waals surface area contributed by atoms with Crippen LogP contribution in [0, 0.1) is 0 Å². The molecule has 1 aliphatic rings. The summed E-state index contributed by atoms with van der Waals surface area (Å²) in [5.41, 5.74) is 4.50. The third-order valence-corrected chi connectivity index (χ3v) is 11.9. The van der Waals surface area contributed by atoms with Gasteiger partial charge in [-0.05, 0) is 52.0 Å². The van der Waals surface area contributed by atoms with Crippen LogP contribution in [-0.2, 0) is 13.1 Å². The van der Waals surface area contributed by atoms with Gasteiger partial charge in [-0.15, -0.1) is 0 Å². The van der Waals surface area contributed by atoms with E-state index in [0.29, 0.717) is 16.6 Å². The Morgan fingerprint density at radius 3 is 2.12 bits per heavy atom. The Balaban J connectivity index is 1.85. The molecule has 0 atom stereocenters. The maximum atomic E-state index is 6.86. The Kier molecular flexibility index (Phi) is 5.42. The fourth-order valence-corrected chi connectivity index (χ4v) is 9.94. The summed E-state index contributed by atoms with van der Waals surface area (Å²) < 4.78 is 6.86. The lowest BCUT2D eigenvalue weighted by atomic mass is 10.1. The molecule has 26 heavy (non-hydrogen) atoms. The predicted molar refractivity (Wildman–Crippen MR) is 112 cm³/mol. The zero-order chi connectivity index (χ0) is 18.9. The predicted octanol–water partition coefficient (Wildman–Crippen LogP) is 6.16. The van der Waals surface area contributed by atoms with E-state index in [1.165, 1.54) is 11.1 Å². The highest BCUT2D eigenvalue weighted by molar-refractivity contribution is 6.78. The van der Waals surface area contributed by atoms with E-state index in [4.69, 9.17) is 4.43 Å². The molecular formula is C22H32N2OSi. The zero-order valence-corrected chi connectivity index (χ0v) is 18.0. The highest BCUT2D eigenvalue weighted by Gasteiger charge is 2.47. The van der Waals surface area contributed by atoms with E-state index < -0.39 is 8.32 Å². The van der Waals surface area contributed by atoms with Crippen LogP contribution >= 0.6 is 0 Å². The van der Waals surface area contributed by atoms with Crippen molar-refractivity contribution in [2.45, 2.75) is 71.3 Å².